The Morgan fingerprint density at radius 3 is 2.56 bits per heavy atom. The van der Waals surface area contributed by atoms with E-state index in [9.17, 15) is 12.8 Å². The zero-order chi connectivity index (χ0) is 13.9. The third kappa shape index (κ3) is 3.91. The molecule has 0 heterocycles. The molecule has 102 valence electrons. The van der Waals surface area contributed by atoms with E-state index < -0.39 is 20.7 Å². The highest BCUT2D eigenvalue weighted by atomic mass is 35.5. The number of halogens is 2. The number of nitrogens with two attached hydrogens (primary N) is 1. The molecule has 7 heteroatoms. The first-order chi connectivity index (χ1) is 8.24. The molecule has 0 amide bonds. The van der Waals surface area contributed by atoms with Gasteiger partial charge in [0.2, 0.25) is 10.0 Å². The fraction of sp³-hybridized carbons (Fsp3) is 0.455. The van der Waals surface area contributed by atoms with E-state index in [1.54, 1.807) is 0 Å². The summed E-state index contributed by atoms with van der Waals surface area (Å²) >= 11 is 5.56. The Morgan fingerprint density at radius 1 is 1.44 bits per heavy atom. The van der Waals surface area contributed by atoms with E-state index in [0.717, 1.165) is 12.1 Å². The van der Waals surface area contributed by atoms with Crippen molar-refractivity contribution in [1.29, 1.82) is 0 Å². The van der Waals surface area contributed by atoms with Crippen molar-refractivity contribution < 1.29 is 12.8 Å². The number of benzene rings is 1. The van der Waals surface area contributed by atoms with Crippen molar-refractivity contribution in [2.75, 3.05) is 6.54 Å². The molecular weight excluding hydrogens is 279 g/mol. The standard InChI is InChI=1S/C11H16ClFN2O2S/c1-7(2)10(14)6-15-18(16,17)11-4-3-8(12)5-9(11)13/h3-5,7,10,15H,6,14H2,1-2H3. The van der Waals surface area contributed by atoms with Gasteiger partial charge in [0, 0.05) is 17.6 Å². The first-order valence-corrected chi connectivity index (χ1v) is 7.30. The monoisotopic (exact) mass is 294 g/mol. The van der Waals surface area contributed by atoms with Crippen molar-refractivity contribution in [1.82, 2.24) is 4.72 Å². The molecule has 0 saturated heterocycles. The third-order valence-electron chi connectivity index (χ3n) is 2.55. The van der Waals surface area contributed by atoms with Crippen molar-refractivity contribution in [3.05, 3.63) is 29.0 Å². The zero-order valence-electron chi connectivity index (χ0n) is 10.2. The van der Waals surface area contributed by atoms with Gasteiger partial charge in [0.25, 0.3) is 0 Å². The Bertz CT molecular complexity index is 520. The van der Waals surface area contributed by atoms with E-state index in [2.05, 4.69) is 4.72 Å². The summed E-state index contributed by atoms with van der Waals surface area (Å²) in [6, 6.07) is 3.08. The maximum absolute atomic E-state index is 13.5. The molecule has 1 unspecified atom stereocenters. The van der Waals surface area contributed by atoms with E-state index in [1.165, 1.54) is 6.07 Å². The highest BCUT2D eigenvalue weighted by molar-refractivity contribution is 7.89. The molecule has 0 fully saturated rings. The number of hydrogen-bond acceptors (Lipinski definition) is 3. The summed E-state index contributed by atoms with van der Waals surface area (Å²) in [5, 5.41) is 0.144. The van der Waals surface area contributed by atoms with E-state index in [1.807, 2.05) is 13.8 Å². The summed E-state index contributed by atoms with van der Waals surface area (Å²) in [5.74, 6) is -0.754. The Kier molecular flexibility index (Phi) is 5.10. The second-order valence-electron chi connectivity index (χ2n) is 4.33. The Hall–Kier alpha value is -0.690. The molecule has 1 rings (SSSR count). The highest BCUT2D eigenvalue weighted by Crippen LogP contribution is 2.18. The summed E-state index contributed by atoms with van der Waals surface area (Å²) < 4.78 is 39.5. The maximum Gasteiger partial charge on any atom is 0.243 e. The molecule has 0 aliphatic carbocycles. The van der Waals surface area contributed by atoms with E-state index in [-0.39, 0.29) is 23.5 Å². The van der Waals surface area contributed by atoms with Gasteiger partial charge in [-0.1, -0.05) is 25.4 Å². The second kappa shape index (κ2) is 5.97. The van der Waals surface area contributed by atoms with Crippen LogP contribution in [0.5, 0.6) is 0 Å². The van der Waals surface area contributed by atoms with Crippen LogP contribution in [-0.2, 0) is 10.0 Å². The van der Waals surface area contributed by atoms with Crippen molar-refractivity contribution in [3.63, 3.8) is 0 Å². The van der Waals surface area contributed by atoms with Crippen LogP contribution >= 0.6 is 11.6 Å². The van der Waals surface area contributed by atoms with E-state index in [0.29, 0.717) is 0 Å². The lowest BCUT2D eigenvalue weighted by Gasteiger charge is -2.16. The molecule has 0 radical (unpaired) electrons. The van der Waals surface area contributed by atoms with Crippen LogP contribution < -0.4 is 10.5 Å². The van der Waals surface area contributed by atoms with Crippen LogP contribution in [0.15, 0.2) is 23.1 Å². The lowest BCUT2D eigenvalue weighted by molar-refractivity contribution is 0.480. The van der Waals surface area contributed by atoms with Gasteiger partial charge < -0.3 is 5.73 Å². The molecule has 0 aliphatic rings. The lowest BCUT2D eigenvalue weighted by Crippen LogP contribution is -2.40. The topological polar surface area (TPSA) is 72.2 Å². The van der Waals surface area contributed by atoms with Gasteiger partial charge in [0.05, 0.1) is 0 Å². The summed E-state index contributed by atoms with van der Waals surface area (Å²) in [6.07, 6.45) is 0. The van der Waals surface area contributed by atoms with Gasteiger partial charge in [-0.2, -0.15) is 0 Å². The molecule has 0 spiro atoms. The van der Waals surface area contributed by atoms with Gasteiger partial charge in [-0.3, -0.25) is 0 Å². The maximum atomic E-state index is 13.5. The molecule has 0 saturated carbocycles. The van der Waals surface area contributed by atoms with Gasteiger partial charge in [-0.25, -0.2) is 17.5 Å². The average molecular weight is 295 g/mol. The largest absolute Gasteiger partial charge is 0.326 e. The lowest BCUT2D eigenvalue weighted by atomic mass is 10.1. The summed E-state index contributed by atoms with van der Waals surface area (Å²) in [5.41, 5.74) is 5.72. The molecule has 0 aromatic heterocycles. The van der Waals surface area contributed by atoms with E-state index in [4.69, 9.17) is 17.3 Å². The van der Waals surface area contributed by atoms with Crippen LogP contribution in [0.3, 0.4) is 0 Å². The smallest absolute Gasteiger partial charge is 0.243 e. The van der Waals surface area contributed by atoms with Crippen LogP contribution in [0.1, 0.15) is 13.8 Å². The van der Waals surface area contributed by atoms with Crippen molar-refractivity contribution >= 4 is 21.6 Å². The molecule has 4 nitrogen and oxygen atoms in total. The molecule has 0 bridgehead atoms. The minimum atomic E-state index is -3.90. The quantitative estimate of drug-likeness (QED) is 0.869. The van der Waals surface area contributed by atoms with Crippen LogP contribution in [0.4, 0.5) is 4.39 Å². The minimum absolute atomic E-state index is 0.0576. The average Bonchev–Trinajstić information content (AvgIpc) is 2.25. The first kappa shape index (κ1) is 15.4. The fourth-order valence-electron chi connectivity index (χ4n) is 1.21. The predicted molar refractivity (Wildman–Crippen MR) is 69.4 cm³/mol. The SMILES string of the molecule is CC(C)C(N)CNS(=O)(=O)c1ccc(Cl)cc1F. The van der Waals surface area contributed by atoms with Crippen molar-refractivity contribution in [2.45, 2.75) is 24.8 Å². The Labute approximate surface area is 111 Å². The summed E-state index contributed by atoms with van der Waals surface area (Å²) in [4.78, 5) is -0.428. The number of nitrogens with one attached hydrogen (secondary N) is 1. The van der Waals surface area contributed by atoms with Crippen LogP contribution in [0.25, 0.3) is 0 Å². The van der Waals surface area contributed by atoms with Crippen molar-refractivity contribution in [3.8, 4) is 0 Å². The normalized spacial score (nSPS) is 13.9. The van der Waals surface area contributed by atoms with E-state index >= 15 is 0 Å². The van der Waals surface area contributed by atoms with Crippen LogP contribution in [0, 0.1) is 11.7 Å². The highest BCUT2D eigenvalue weighted by Gasteiger charge is 2.20. The molecule has 1 aromatic carbocycles. The fourth-order valence-corrected chi connectivity index (χ4v) is 2.50. The predicted octanol–water partition coefficient (Wildman–Crippen LogP) is 1.74. The summed E-state index contributed by atoms with van der Waals surface area (Å²) in [7, 11) is -3.90. The molecule has 3 N–H and O–H groups in total. The zero-order valence-corrected chi connectivity index (χ0v) is 11.7. The molecule has 1 aromatic rings. The van der Waals surface area contributed by atoms with Gasteiger partial charge >= 0.3 is 0 Å². The molecule has 0 aliphatic heterocycles. The summed E-state index contributed by atoms with van der Waals surface area (Å²) in [6.45, 7) is 3.81. The minimum Gasteiger partial charge on any atom is -0.326 e. The number of sulfonamides is 1. The Balaban J connectivity index is 2.87. The van der Waals surface area contributed by atoms with Gasteiger partial charge in [-0.15, -0.1) is 0 Å². The van der Waals surface area contributed by atoms with Crippen molar-refractivity contribution in [2.24, 2.45) is 11.7 Å². The third-order valence-corrected chi connectivity index (χ3v) is 4.24. The van der Waals surface area contributed by atoms with Gasteiger partial charge in [0.15, 0.2) is 0 Å². The number of hydrogen-bond donors (Lipinski definition) is 2. The number of rotatable bonds is 5. The van der Waals surface area contributed by atoms with Gasteiger partial charge in [-0.05, 0) is 24.1 Å². The first-order valence-electron chi connectivity index (χ1n) is 5.44. The molecule has 1 atom stereocenters. The molecule has 18 heavy (non-hydrogen) atoms. The second-order valence-corrected chi connectivity index (χ2v) is 6.51. The van der Waals surface area contributed by atoms with Gasteiger partial charge in [0.1, 0.15) is 10.7 Å². The van der Waals surface area contributed by atoms with Crippen LogP contribution in [-0.4, -0.2) is 21.0 Å². The Morgan fingerprint density at radius 2 is 2.06 bits per heavy atom. The van der Waals surface area contributed by atoms with Crippen LogP contribution in [0.2, 0.25) is 5.02 Å². The molecular formula is C11H16ClFN2O2S.